The molecule has 0 aliphatic rings. The zero-order valence-corrected chi connectivity index (χ0v) is 13.6. The predicted octanol–water partition coefficient (Wildman–Crippen LogP) is 1.27. The largest absolute Gasteiger partial charge is 0.493 e. The maximum Gasteiger partial charge on any atom is 0.260 e. The summed E-state index contributed by atoms with van der Waals surface area (Å²) in [4.78, 5) is 38.5. The number of carbonyl (C=O) groups is 2. The van der Waals surface area contributed by atoms with Gasteiger partial charge in [-0.2, -0.15) is 0 Å². The Labute approximate surface area is 147 Å². The molecule has 2 heterocycles. The summed E-state index contributed by atoms with van der Waals surface area (Å²) in [6, 6.07) is 6.74. The van der Waals surface area contributed by atoms with Crippen LogP contribution in [0.25, 0.3) is 11.2 Å². The fourth-order valence-corrected chi connectivity index (χ4v) is 2.29. The molecule has 0 radical (unpaired) electrons. The number of nitrogens with zero attached hydrogens (tertiary/aromatic N) is 3. The van der Waals surface area contributed by atoms with Gasteiger partial charge in [-0.3, -0.25) is 14.8 Å². The van der Waals surface area contributed by atoms with Crippen LogP contribution in [0.1, 0.15) is 23.2 Å². The van der Waals surface area contributed by atoms with Crippen LogP contribution in [0.15, 0.2) is 36.9 Å². The van der Waals surface area contributed by atoms with Crippen molar-refractivity contribution < 1.29 is 19.5 Å². The van der Waals surface area contributed by atoms with Crippen LogP contribution in [-0.2, 0) is 4.79 Å². The first-order valence-electron chi connectivity index (χ1n) is 7.79. The molecule has 3 rings (SSSR count). The molecule has 3 aromatic rings. The number of aromatic amines is 1. The van der Waals surface area contributed by atoms with Crippen LogP contribution < -0.4 is 15.5 Å². The summed E-state index contributed by atoms with van der Waals surface area (Å²) in [6.07, 6.45) is 3.29. The molecular weight excluding hydrogens is 340 g/mol. The van der Waals surface area contributed by atoms with Crippen molar-refractivity contribution in [2.45, 2.75) is 12.8 Å². The summed E-state index contributed by atoms with van der Waals surface area (Å²) < 4.78 is 5.59. The summed E-state index contributed by atoms with van der Waals surface area (Å²) in [7, 11) is 0. The molecule has 0 saturated carbocycles. The fourth-order valence-electron chi connectivity index (χ4n) is 2.29. The van der Waals surface area contributed by atoms with E-state index >= 15 is 0 Å². The van der Waals surface area contributed by atoms with Gasteiger partial charge in [-0.05, 0) is 18.6 Å². The first-order valence-corrected chi connectivity index (χ1v) is 7.79. The highest BCUT2D eigenvalue weighted by Gasteiger charge is 2.15. The van der Waals surface area contributed by atoms with Crippen molar-refractivity contribution in [2.75, 3.05) is 11.9 Å². The number of amides is 2. The van der Waals surface area contributed by atoms with Gasteiger partial charge in [0.25, 0.3) is 5.91 Å². The van der Waals surface area contributed by atoms with Crippen LogP contribution in [0.4, 0.5) is 5.82 Å². The van der Waals surface area contributed by atoms with Gasteiger partial charge in [0.05, 0.1) is 18.5 Å². The van der Waals surface area contributed by atoms with Crippen molar-refractivity contribution >= 4 is 28.8 Å². The second-order valence-corrected chi connectivity index (χ2v) is 5.26. The average molecular weight is 356 g/mol. The van der Waals surface area contributed by atoms with Gasteiger partial charge in [-0.1, -0.05) is 12.1 Å². The summed E-state index contributed by atoms with van der Waals surface area (Å²) in [5.41, 5.74) is 2.85. The van der Waals surface area contributed by atoms with E-state index in [9.17, 15) is 9.59 Å². The molecule has 0 bridgehead atoms. The Morgan fingerprint density at radius 2 is 2.04 bits per heavy atom. The number of benzene rings is 1. The van der Waals surface area contributed by atoms with E-state index in [2.05, 4.69) is 25.3 Å². The van der Waals surface area contributed by atoms with Gasteiger partial charge >= 0.3 is 0 Å². The van der Waals surface area contributed by atoms with Gasteiger partial charge in [0.2, 0.25) is 5.91 Å². The third-order valence-electron chi connectivity index (χ3n) is 3.52. The number of hydrogen-bond donors (Lipinski definition) is 4. The van der Waals surface area contributed by atoms with Gasteiger partial charge in [0.1, 0.15) is 17.6 Å². The smallest absolute Gasteiger partial charge is 0.260 e. The van der Waals surface area contributed by atoms with E-state index in [0.717, 1.165) is 0 Å². The van der Waals surface area contributed by atoms with E-state index in [1.165, 1.54) is 12.7 Å². The second kappa shape index (κ2) is 8.03. The molecule has 0 aliphatic carbocycles. The Balaban J connectivity index is 1.69. The summed E-state index contributed by atoms with van der Waals surface area (Å²) in [5, 5.41) is 11.2. The number of ether oxygens (including phenoxy) is 1. The molecule has 0 fully saturated rings. The number of nitrogens with one attached hydrogen (secondary N) is 3. The maximum absolute atomic E-state index is 12.6. The second-order valence-electron chi connectivity index (χ2n) is 5.26. The van der Waals surface area contributed by atoms with Crippen LogP contribution in [0.2, 0.25) is 0 Å². The molecule has 10 heteroatoms. The normalized spacial score (nSPS) is 10.5. The van der Waals surface area contributed by atoms with Crippen LogP contribution in [0.5, 0.6) is 5.75 Å². The summed E-state index contributed by atoms with van der Waals surface area (Å²) in [6.45, 7) is 0.218. The monoisotopic (exact) mass is 356 g/mol. The van der Waals surface area contributed by atoms with Crippen molar-refractivity contribution in [1.29, 1.82) is 0 Å². The van der Waals surface area contributed by atoms with Gasteiger partial charge in [0, 0.05) is 6.42 Å². The Kier molecular flexibility index (Phi) is 5.34. The molecule has 0 atom stereocenters. The number of H-pyrrole nitrogens is 1. The molecule has 2 aromatic heterocycles. The zero-order chi connectivity index (χ0) is 18.4. The number of carbonyl (C=O) groups excluding carboxylic acids is 2. The maximum atomic E-state index is 12.6. The molecule has 0 aliphatic heterocycles. The SMILES string of the molecule is O=C(CCCOc1ccccc1C(=O)Nc1ncnc2nc[nH]c12)NO. The molecule has 0 unspecified atom stereocenters. The number of rotatable bonds is 7. The van der Waals surface area contributed by atoms with Gasteiger partial charge in [-0.25, -0.2) is 20.4 Å². The van der Waals surface area contributed by atoms with E-state index in [1.54, 1.807) is 29.7 Å². The number of fused-ring (bicyclic) bond motifs is 1. The van der Waals surface area contributed by atoms with Crippen molar-refractivity contribution in [3.63, 3.8) is 0 Å². The molecule has 0 spiro atoms. The minimum Gasteiger partial charge on any atom is -0.493 e. The summed E-state index contributed by atoms with van der Waals surface area (Å²) >= 11 is 0. The number of anilines is 1. The van der Waals surface area contributed by atoms with E-state index in [0.29, 0.717) is 34.7 Å². The average Bonchev–Trinajstić information content (AvgIpc) is 3.15. The van der Waals surface area contributed by atoms with Gasteiger partial charge < -0.3 is 15.0 Å². The lowest BCUT2D eigenvalue weighted by molar-refractivity contribution is -0.129. The van der Waals surface area contributed by atoms with E-state index in [1.807, 2.05) is 0 Å². The summed E-state index contributed by atoms with van der Waals surface area (Å²) in [5.74, 6) is -0.202. The number of hydroxylamine groups is 1. The molecule has 10 nitrogen and oxygen atoms in total. The van der Waals surface area contributed by atoms with Crippen molar-refractivity contribution in [2.24, 2.45) is 0 Å². The molecule has 134 valence electrons. The predicted molar refractivity (Wildman–Crippen MR) is 90.7 cm³/mol. The van der Waals surface area contributed by atoms with Crippen molar-refractivity contribution in [3.8, 4) is 5.75 Å². The lowest BCUT2D eigenvalue weighted by Crippen LogP contribution is -2.19. The van der Waals surface area contributed by atoms with Crippen LogP contribution >= 0.6 is 0 Å². The van der Waals surface area contributed by atoms with Crippen molar-refractivity contribution in [1.82, 2.24) is 25.4 Å². The lowest BCUT2D eigenvalue weighted by Gasteiger charge is -2.11. The molecular formula is C16H16N6O4. The minimum absolute atomic E-state index is 0.115. The van der Waals surface area contributed by atoms with Crippen LogP contribution in [0.3, 0.4) is 0 Å². The minimum atomic E-state index is -0.494. The lowest BCUT2D eigenvalue weighted by atomic mass is 10.2. The van der Waals surface area contributed by atoms with Crippen molar-refractivity contribution in [3.05, 3.63) is 42.5 Å². The third kappa shape index (κ3) is 3.92. The first-order chi connectivity index (χ1) is 12.7. The molecule has 26 heavy (non-hydrogen) atoms. The van der Waals surface area contributed by atoms with E-state index in [-0.39, 0.29) is 13.0 Å². The molecule has 4 N–H and O–H groups in total. The highest BCUT2D eigenvalue weighted by Crippen LogP contribution is 2.21. The zero-order valence-electron chi connectivity index (χ0n) is 13.6. The fraction of sp³-hybridized carbons (Fsp3) is 0.188. The van der Waals surface area contributed by atoms with E-state index in [4.69, 9.17) is 9.94 Å². The third-order valence-corrected chi connectivity index (χ3v) is 3.52. The quantitative estimate of drug-likeness (QED) is 0.284. The highest BCUT2D eigenvalue weighted by atomic mass is 16.5. The molecule has 1 aromatic carbocycles. The Hall–Kier alpha value is -3.53. The standard InChI is InChI=1S/C16H16N6O4/c23-12(22-25)6-3-7-26-11-5-2-1-4-10(11)16(24)21-15-13-14(18-8-17-13)19-9-20-15/h1-2,4-5,8-9,25H,3,6-7H2,(H,22,23)(H2,17,18,19,20,21,24). The number of hydrogen-bond acceptors (Lipinski definition) is 7. The van der Waals surface area contributed by atoms with Crippen LogP contribution in [0, 0.1) is 0 Å². The first kappa shape index (κ1) is 17.3. The van der Waals surface area contributed by atoms with E-state index < -0.39 is 11.8 Å². The van der Waals surface area contributed by atoms with Gasteiger partial charge in [0.15, 0.2) is 11.5 Å². The molecule has 2 amide bonds. The number of para-hydroxylation sites is 1. The van der Waals surface area contributed by atoms with Crippen LogP contribution in [-0.4, -0.2) is 43.6 Å². The highest BCUT2D eigenvalue weighted by molar-refractivity contribution is 6.08. The number of imidazole rings is 1. The Morgan fingerprint density at radius 1 is 1.19 bits per heavy atom. The number of aromatic nitrogens is 4. The van der Waals surface area contributed by atoms with Gasteiger partial charge in [-0.15, -0.1) is 0 Å². The topological polar surface area (TPSA) is 142 Å². The molecule has 0 saturated heterocycles. The Bertz CT molecular complexity index is 926. The Morgan fingerprint density at radius 3 is 2.88 bits per heavy atom.